The molecule has 1 aliphatic rings. The van der Waals surface area contributed by atoms with Gasteiger partial charge in [0.2, 0.25) is 0 Å². The SMILES string of the molecule is CCC(CCO)NC(C)C1(C)CC1. The first kappa shape index (κ1) is 11.0. The van der Waals surface area contributed by atoms with Crippen LogP contribution in [0.3, 0.4) is 0 Å². The van der Waals surface area contributed by atoms with E-state index < -0.39 is 0 Å². The van der Waals surface area contributed by atoms with Gasteiger partial charge < -0.3 is 10.4 Å². The molecule has 1 rings (SSSR count). The van der Waals surface area contributed by atoms with Crippen LogP contribution in [0.4, 0.5) is 0 Å². The summed E-state index contributed by atoms with van der Waals surface area (Å²) in [5.41, 5.74) is 0.545. The van der Waals surface area contributed by atoms with Crippen LogP contribution in [0.5, 0.6) is 0 Å². The molecular weight excluding hydrogens is 162 g/mol. The summed E-state index contributed by atoms with van der Waals surface area (Å²) in [6.07, 6.45) is 4.71. The quantitative estimate of drug-likeness (QED) is 0.662. The summed E-state index contributed by atoms with van der Waals surface area (Å²) in [6, 6.07) is 1.10. The van der Waals surface area contributed by atoms with Crippen molar-refractivity contribution in [3.63, 3.8) is 0 Å². The van der Waals surface area contributed by atoms with Crippen LogP contribution in [0.15, 0.2) is 0 Å². The van der Waals surface area contributed by atoms with Gasteiger partial charge in [-0.15, -0.1) is 0 Å². The third-order valence-electron chi connectivity index (χ3n) is 3.54. The minimum Gasteiger partial charge on any atom is -0.396 e. The maximum atomic E-state index is 8.86. The van der Waals surface area contributed by atoms with Crippen LogP contribution in [-0.4, -0.2) is 23.8 Å². The highest BCUT2D eigenvalue weighted by Crippen LogP contribution is 2.48. The Balaban J connectivity index is 2.28. The van der Waals surface area contributed by atoms with Crippen molar-refractivity contribution < 1.29 is 5.11 Å². The number of rotatable bonds is 6. The fraction of sp³-hybridized carbons (Fsp3) is 1.00. The minimum atomic E-state index is 0.301. The number of aliphatic hydroxyl groups is 1. The molecule has 0 saturated heterocycles. The molecule has 0 aromatic rings. The molecule has 2 nitrogen and oxygen atoms in total. The third kappa shape index (κ3) is 2.96. The first-order valence-electron chi connectivity index (χ1n) is 5.49. The van der Waals surface area contributed by atoms with Gasteiger partial charge >= 0.3 is 0 Å². The topological polar surface area (TPSA) is 32.3 Å². The highest BCUT2D eigenvalue weighted by molar-refractivity contribution is 4.97. The normalized spacial score (nSPS) is 24.0. The van der Waals surface area contributed by atoms with Crippen molar-refractivity contribution >= 4 is 0 Å². The van der Waals surface area contributed by atoms with Gasteiger partial charge in [0.15, 0.2) is 0 Å². The van der Waals surface area contributed by atoms with E-state index >= 15 is 0 Å². The fourth-order valence-electron chi connectivity index (χ4n) is 1.75. The van der Waals surface area contributed by atoms with Gasteiger partial charge in [-0.3, -0.25) is 0 Å². The van der Waals surface area contributed by atoms with Gasteiger partial charge in [0.25, 0.3) is 0 Å². The molecule has 1 aliphatic carbocycles. The Bertz CT molecular complexity index is 154. The van der Waals surface area contributed by atoms with Crippen molar-refractivity contribution in [2.75, 3.05) is 6.61 Å². The Morgan fingerprint density at radius 3 is 2.46 bits per heavy atom. The van der Waals surface area contributed by atoms with Gasteiger partial charge in [-0.1, -0.05) is 13.8 Å². The smallest absolute Gasteiger partial charge is 0.0445 e. The molecule has 2 unspecified atom stereocenters. The lowest BCUT2D eigenvalue weighted by atomic mass is 9.99. The Labute approximate surface area is 81.7 Å². The number of hydrogen-bond acceptors (Lipinski definition) is 2. The predicted octanol–water partition coefficient (Wildman–Crippen LogP) is 1.93. The maximum absolute atomic E-state index is 8.86. The third-order valence-corrected chi connectivity index (χ3v) is 3.54. The van der Waals surface area contributed by atoms with E-state index in [4.69, 9.17) is 5.11 Å². The van der Waals surface area contributed by atoms with Crippen LogP contribution < -0.4 is 5.32 Å². The van der Waals surface area contributed by atoms with Gasteiger partial charge in [-0.05, 0) is 38.0 Å². The van der Waals surface area contributed by atoms with Crippen molar-refractivity contribution in [2.24, 2.45) is 5.41 Å². The zero-order valence-corrected chi connectivity index (χ0v) is 9.14. The Hall–Kier alpha value is -0.0800. The van der Waals surface area contributed by atoms with E-state index in [9.17, 15) is 0 Å². The van der Waals surface area contributed by atoms with Crippen molar-refractivity contribution in [1.82, 2.24) is 5.32 Å². The molecule has 0 spiro atoms. The zero-order valence-electron chi connectivity index (χ0n) is 9.14. The van der Waals surface area contributed by atoms with Crippen molar-refractivity contribution in [1.29, 1.82) is 0 Å². The molecule has 0 amide bonds. The molecule has 1 saturated carbocycles. The average Bonchev–Trinajstić information content (AvgIpc) is 2.84. The second-order valence-corrected chi connectivity index (χ2v) is 4.66. The molecule has 2 atom stereocenters. The molecule has 0 aromatic heterocycles. The lowest BCUT2D eigenvalue weighted by molar-refractivity contribution is 0.243. The van der Waals surface area contributed by atoms with E-state index in [-0.39, 0.29) is 0 Å². The maximum Gasteiger partial charge on any atom is 0.0445 e. The van der Waals surface area contributed by atoms with Gasteiger partial charge in [0.05, 0.1) is 0 Å². The van der Waals surface area contributed by atoms with E-state index in [1.165, 1.54) is 12.8 Å². The van der Waals surface area contributed by atoms with Crippen LogP contribution in [0, 0.1) is 5.41 Å². The van der Waals surface area contributed by atoms with Crippen molar-refractivity contribution in [3.8, 4) is 0 Å². The highest BCUT2D eigenvalue weighted by Gasteiger charge is 2.42. The second-order valence-electron chi connectivity index (χ2n) is 4.66. The van der Waals surface area contributed by atoms with Gasteiger partial charge in [-0.25, -0.2) is 0 Å². The average molecular weight is 185 g/mol. The van der Waals surface area contributed by atoms with Crippen molar-refractivity contribution in [2.45, 2.75) is 58.5 Å². The van der Waals surface area contributed by atoms with Gasteiger partial charge in [-0.2, -0.15) is 0 Å². The predicted molar refractivity (Wildman–Crippen MR) is 55.7 cm³/mol. The van der Waals surface area contributed by atoms with E-state index in [1.54, 1.807) is 0 Å². The molecular formula is C11H23NO. The highest BCUT2D eigenvalue weighted by atomic mass is 16.3. The van der Waals surface area contributed by atoms with E-state index in [0.717, 1.165) is 12.8 Å². The fourth-order valence-corrected chi connectivity index (χ4v) is 1.75. The van der Waals surface area contributed by atoms with Crippen molar-refractivity contribution in [3.05, 3.63) is 0 Å². The number of nitrogens with one attached hydrogen (secondary N) is 1. The molecule has 2 N–H and O–H groups in total. The molecule has 2 heteroatoms. The van der Waals surface area contributed by atoms with E-state index in [1.807, 2.05) is 0 Å². The second kappa shape index (κ2) is 4.43. The first-order chi connectivity index (χ1) is 6.12. The van der Waals surface area contributed by atoms with Gasteiger partial charge in [0, 0.05) is 18.7 Å². The first-order valence-corrected chi connectivity index (χ1v) is 5.49. The lowest BCUT2D eigenvalue weighted by Crippen LogP contribution is -2.41. The summed E-state index contributed by atoms with van der Waals surface area (Å²) < 4.78 is 0. The minimum absolute atomic E-state index is 0.301. The van der Waals surface area contributed by atoms with Crippen LogP contribution >= 0.6 is 0 Å². The van der Waals surface area contributed by atoms with E-state index in [0.29, 0.717) is 24.1 Å². The standard InChI is InChI=1S/C11H23NO/c1-4-10(5-8-13)12-9(2)11(3)6-7-11/h9-10,12-13H,4-8H2,1-3H3. The molecule has 78 valence electrons. The zero-order chi connectivity index (χ0) is 9.90. The summed E-state index contributed by atoms with van der Waals surface area (Å²) in [6.45, 7) is 7.09. The lowest BCUT2D eigenvalue weighted by Gasteiger charge is -2.26. The Kier molecular flexibility index (Phi) is 3.74. The Morgan fingerprint density at radius 1 is 1.46 bits per heavy atom. The summed E-state index contributed by atoms with van der Waals surface area (Å²) in [5, 5.41) is 12.5. The number of hydrogen-bond donors (Lipinski definition) is 2. The van der Waals surface area contributed by atoms with Crippen LogP contribution in [0.1, 0.15) is 46.5 Å². The molecule has 0 radical (unpaired) electrons. The van der Waals surface area contributed by atoms with Crippen LogP contribution in [0.25, 0.3) is 0 Å². The molecule has 0 bridgehead atoms. The summed E-state index contributed by atoms with van der Waals surface area (Å²) >= 11 is 0. The monoisotopic (exact) mass is 185 g/mol. The summed E-state index contributed by atoms with van der Waals surface area (Å²) in [5.74, 6) is 0. The summed E-state index contributed by atoms with van der Waals surface area (Å²) in [7, 11) is 0. The Morgan fingerprint density at radius 2 is 2.08 bits per heavy atom. The molecule has 0 aliphatic heterocycles. The van der Waals surface area contributed by atoms with Gasteiger partial charge in [0.1, 0.15) is 0 Å². The molecule has 1 fully saturated rings. The molecule has 13 heavy (non-hydrogen) atoms. The largest absolute Gasteiger partial charge is 0.396 e. The van der Waals surface area contributed by atoms with E-state index in [2.05, 4.69) is 26.1 Å². The molecule has 0 aromatic carbocycles. The van der Waals surface area contributed by atoms with Crippen LogP contribution in [-0.2, 0) is 0 Å². The molecule has 0 heterocycles. The number of aliphatic hydroxyl groups excluding tert-OH is 1. The summed E-state index contributed by atoms with van der Waals surface area (Å²) in [4.78, 5) is 0. The van der Waals surface area contributed by atoms with Crippen LogP contribution in [0.2, 0.25) is 0 Å².